The number of aldehydes is 1. The summed E-state index contributed by atoms with van der Waals surface area (Å²) in [4.78, 5) is 10.9. The summed E-state index contributed by atoms with van der Waals surface area (Å²) in [5.41, 5.74) is 2.90. The Morgan fingerprint density at radius 1 is 1.44 bits per heavy atom. The van der Waals surface area contributed by atoms with E-state index in [9.17, 15) is 4.79 Å². The minimum absolute atomic E-state index is 0.416. The van der Waals surface area contributed by atoms with Crippen molar-refractivity contribution in [2.24, 2.45) is 7.05 Å². The van der Waals surface area contributed by atoms with Gasteiger partial charge in [-0.25, -0.2) is 0 Å². The summed E-state index contributed by atoms with van der Waals surface area (Å²) < 4.78 is 1.70. The molecule has 0 spiro atoms. The Hall–Kier alpha value is -2.14. The second-order valence-electron chi connectivity index (χ2n) is 4.01. The number of aryl methyl sites for hydroxylation is 1. The van der Waals surface area contributed by atoms with Gasteiger partial charge in [0.15, 0.2) is 6.29 Å². The minimum Gasteiger partial charge on any atom is -0.298 e. The molecule has 3 aromatic rings. The Morgan fingerprint density at radius 3 is 2.94 bits per heavy atom. The standard InChI is InChI=1S/C12H9ClN4O/c1-17-5-8(4-14-17)12-9-2-7(6-18)10(13)3-11(9)15-16-12/h2-6H,1H3,(H,15,16). The number of aromatic amines is 1. The zero-order chi connectivity index (χ0) is 12.7. The third kappa shape index (κ3) is 1.60. The second-order valence-corrected chi connectivity index (χ2v) is 4.42. The van der Waals surface area contributed by atoms with E-state index in [2.05, 4.69) is 15.3 Å². The van der Waals surface area contributed by atoms with Crippen molar-refractivity contribution in [3.8, 4) is 11.3 Å². The van der Waals surface area contributed by atoms with E-state index in [0.717, 1.165) is 28.4 Å². The lowest BCUT2D eigenvalue weighted by Crippen LogP contribution is -1.84. The van der Waals surface area contributed by atoms with E-state index in [1.54, 1.807) is 23.0 Å². The topological polar surface area (TPSA) is 63.6 Å². The Kier molecular flexibility index (Phi) is 2.41. The normalized spacial score (nSPS) is 11.0. The van der Waals surface area contributed by atoms with E-state index < -0.39 is 0 Å². The van der Waals surface area contributed by atoms with Gasteiger partial charge in [-0.15, -0.1) is 0 Å². The van der Waals surface area contributed by atoms with Gasteiger partial charge in [0, 0.05) is 29.8 Å². The van der Waals surface area contributed by atoms with Crippen LogP contribution in [0.5, 0.6) is 0 Å². The number of nitrogens with zero attached hydrogens (tertiary/aromatic N) is 3. The summed E-state index contributed by atoms with van der Waals surface area (Å²) in [6, 6.07) is 3.43. The van der Waals surface area contributed by atoms with Crippen molar-refractivity contribution in [2.45, 2.75) is 0 Å². The fraction of sp³-hybridized carbons (Fsp3) is 0.0833. The average molecular weight is 261 g/mol. The number of aromatic nitrogens is 4. The summed E-state index contributed by atoms with van der Waals surface area (Å²) in [5, 5.41) is 12.5. The van der Waals surface area contributed by atoms with E-state index in [1.165, 1.54) is 0 Å². The van der Waals surface area contributed by atoms with Gasteiger partial charge in [-0.3, -0.25) is 14.6 Å². The molecule has 6 heteroatoms. The molecule has 1 aromatic carbocycles. The highest BCUT2D eigenvalue weighted by Crippen LogP contribution is 2.29. The highest BCUT2D eigenvalue weighted by Gasteiger charge is 2.12. The molecule has 0 saturated heterocycles. The van der Waals surface area contributed by atoms with Crippen molar-refractivity contribution in [1.29, 1.82) is 0 Å². The molecule has 0 fully saturated rings. The van der Waals surface area contributed by atoms with Gasteiger partial charge in [0.1, 0.15) is 5.69 Å². The van der Waals surface area contributed by atoms with Crippen LogP contribution in [0.3, 0.4) is 0 Å². The molecule has 0 unspecified atom stereocenters. The molecular weight excluding hydrogens is 252 g/mol. The number of H-pyrrole nitrogens is 1. The summed E-state index contributed by atoms with van der Waals surface area (Å²) in [6.45, 7) is 0. The molecule has 2 heterocycles. The summed E-state index contributed by atoms with van der Waals surface area (Å²) >= 11 is 5.97. The highest BCUT2D eigenvalue weighted by atomic mass is 35.5. The van der Waals surface area contributed by atoms with Crippen molar-refractivity contribution >= 4 is 28.8 Å². The van der Waals surface area contributed by atoms with Gasteiger partial charge in [-0.1, -0.05) is 11.6 Å². The van der Waals surface area contributed by atoms with Crippen molar-refractivity contribution in [2.75, 3.05) is 0 Å². The quantitative estimate of drug-likeness (QED) is 0.720. The van der Waals surface area contributed by atoms with Gasteiger partial charge in [0.05, 0.1) is 16.7 Å². The zero-order valence-corrected chi connectivity index (χ0v) is 10.3. The van der Waals surface area contributed by atoms with Crippen LogP contribution in [0.2, 0.25) is 5.02 Å². The maximum Gasteiger partial charge on any atom is 0.151 e. The molecule has 0 bridgehead atoms. The van der Waals surface area contributed by atoms with Gasteiger partial charge in [-0.2, -0.15) is 10.2 Å². The molecule has 1 N–H and O–H groups in total. The van der Waals surface area contributed by atoms with E-state index in [-0.39, 0.29) is 0 Å². The van der Waals surface area contributed by atoms with Gasteiger partial charge < -0.3 is 0 Å². The summed E-state index contributed by atoms with van der Waals surface area (Å²) in [5.74, 6) is 0. The number of fused-ring (bicyclic) bond motifs is 1. The number of nitrogens with one attached hydrogen (secondary N) is 1. The molecular formula is C12H9ClN4O. The zero-order valence-electron chi connectivity index (χ0n) is 9.51. The Balaban J connectivity index is 2.28. The maximum atomic E-state index is 10.9. The number of rotatable bonds is 2. The lowest BCUT2D eigenvalue weighted by atomic mass is 10.1. The van der Waals surface area contributed by atoms with E-state index in [0.29, 0.717) is 10.6 Å². The number of carbonyl (C=O) groups is 1. The Labute approximate surface area is 107 Å². The number of carbonyl (C=O) groups excluding carboxylic acids is 1. The molecule has 18 heavy (non-hydrogen) atoms. The molecule has 2 aromatic heterocycles. The van der Waals surface area contributed by atoms with Crippen molar-refractivity contribution in [1.82, 2.24) is 20.0 Å². The molecule has 0 aliphatic carbocycles. The third-order valence-electron chi connectivity index (χ3n) is 2.79. The van der Waals surface area contributed by atoms with Crippen molar-refractivity contribution < 1.29 is 4.79 Å². The predicted octanol–water partition coefficient (Wildman–Crippen LogP) is 2.43. The van der Waals surface area contributed by atoms with Gasteiger partial charge in [-0.05, 0) is 12.1 Å². The molecule has 0 amide bonds. The minimum atomic E-state index is 0.416. The highest BCUT2D eigenvalue weighted by molar-refractivity contribution is 6.33. The molecule has 5 nitrogen and oxygen atoms in total. The molecule has 0 aliphatic heterocycles. The first kappa shape index (κ1) is 11.0. The van der Waals surface area contributed by atoms with Crippen LogP contribution >= 0.6 is 11.6 Å². The Bertz CT molecular complexity index is 744. The van der Waals surface area contributed by atoms with Gasteiger partial charge in [0.2, 0.25) is 0 Å². The smallest absolute Gasteiger partial charge is 0.151 e. The summed E-state index contributed by atoms with van der Waals surface area (Å²) in [7, 11) is 1.84. The molecule has 0 radical (unpaired) electrons. The SMILES string of the molecule is Cn1cc(-c2n[nH]c3cc(Cl)c(C=O)cc23)cn1. The monoisotopic (exact) mass is 260 g/mol. The van der Waals surface area contributed by atoms with Crippen LogP contribution in [0, 0.1) is 0 Å². The van der Waals surface area contributed by atoms with Crippen LogP contribution in [0.25, 0.3) is 22.2 Å². The fourth-order valence-corrected chi connectivity index (χ4v) is 2.12. The van der Waals surface area contributed by atoms with Crippen LogP contribution < -0.4 is 0 Å². The fourth-order valence-electron chi connectivity index (χ4n) is 1.91. The lowest BCUT2D eigenvalue weighted by molar-refractivity contribution is 0.112. The molecule has 0 saturated carbocycles. The van der Waals surface area contributed by atoms with E-state index in [1.807, 2.05) is 13.2 Å². The summed E-state index contributed by atoms with van der Waals surface area (Å²) in [6.07, 6.45) is 4.33. The van der Waals surface area contributed by atoms with Crippen molar-refractivity contribution in [3.05, 3.63) is 35.1 Å². The molecule has 0 atom stereocenters. The van der Waals surface area contributed by atoms with Crippen LogP contribution in [0.4, 0.5) is 0 Å². The van der Waals surface area contributed by atoms with Crippen LogP contribution in [-0.4, -0.2) is 26.3 Å². The average Bonchev–Trinajstić information content (AvgIpc) is 2.93. The molecule has 90 valence electrons. The molecule has 3 rings (SSSR count). The van der Waals surface area contributed by atoms with Crippen LogP contribution in [-0.2, 0) is 7.05 Å². The first-order valence-corrected chi connectivity index (χ1v) is 5.68. The van der Waals surface area contributed by atoms with Crippen molar-refractivity contribution in [3.63, 3.8) is 0 Å². The largest absolute Gasteiger partial charge is 0.298 e. The lowest BCUT2D eigenvalue weighted by Gasteiger charge is -1.97. The number of benzene rings is 1. The van der Waals surface area contributed by atoms with Crippen LogP contribution in [0.1, 0.15) is 10.4 Å². The Morgan fingerprint density at radius 2 is 2.28 bits per heavy atom. The van der Waals surface area contributed by atoms with Gasteiger partial charge >= 0.3 is 0 Å². The number of hydrogen-bond donors (Lipinski definition) is 1. The number of halogens is 1. The predicted molar refractivity (Wildman–Crippen MR) is 68.7 cm³/mol. The van der Waals surface area contributed by atoms with E-state index in [4.69, 9.17) is 11.6 Å². The van der Waals surface area contributed by atoms with Crippen LogP contribution in [0.15, 0.2) is 24.5 Å². The first-order valence-electron chi connectivity index (χ1n) is 5.31. The van der Waals surface area contributed by atoms with E-state index >= 15 is 0 Å². The maximum absolute atomic E-state index is 10.9. The second kappa shape index (κ2) is 3.96. The van der Waals surface area contributed by atoms with Gasteiger partial charge in [0.25, 0.3) is 0 Å². The molecule has 0 aliphatic rings. The third-order valence-corrected chi connectivity index (χ3v) is 3.11. The first-order chi connectivity index (χ1) is 8.69. The number of hydrogen-bond acceptors (Lipinski definition) is 3.